The van der Waals surface area contributed by atoms with Crippen LogP contribution in [0.4, 0.5) is 0 Å². The van der Waals surface area contributed by atoms with Crippen molar-refractivity contribution in [1.82, 2.24) is 0 Å². The van der Waals surface area contributed by atoms with E-state index in [1.54, 1.807) is 0 Å². The monoisotopic (exact) mass is 516 g/mol. The maximum absolute atomic E-state index is 13.0. The summed E-state index contributed by atoms with van der Waals surface area (Å²) in [6.07, 6.45) is 6.86. The highest BCUT2D eigenvalue weighted by Crippen LogP contribution is 2.33. The van der Waals surface area contributed by atoms with E-state index < -0.39 is 26.1 Å². The third kappa shape index (κ3) is 9.29. The molecule has 4 atom stereocenters. The van der Waals surface area contributed by atoms with Crippen molar-refractivity contribution in [3.8, 4) is 0 Å². The first-order valence-electron chi connectivity index (χ1n) is 13.3. The Balaban J connectivity index is 2.17. The molecule has 0 radical (unpaired) electrons. The van der Waals surface area contributed by atoms with Crippen molar-refractivity contribution in [2.45, 2.75) is 105 Å². The predicted octanol–water partition coefficient (Wildman–Crippen LogP) is 6.93. The quantitative estimate of drug-likeness (QED) is 0.196. The molecule has 6 heteroatoms. The number of benzene rings is 1. The molecule has 0 saturated carbocycles. The summed E-state index contributed by atoms with van der Waals surface area (Å²) >= 11 is 0. The van der Waals surface area contributed by atoms with Crippen LogP contribution in [0.2, 0.25) is 25.7 Å². The van der Waals surface area contributed by atoms with Gasteiger partial charge in [0.2, 0.25) is 0 Å². The van der Waals surface area contributed by atoms with Crippen LogP contribution in [0.5, 0.6) is 0 Å². The molecule has 0 bridgehead atoms. The van der Waals surface area contributed by atoms with Crippen LogP contribution in [-0.2, 0) is 14.2 Å². The Hall–Kier alpha value is -1.73. The molecular weight excluding hydrogens is 468 g/mol. The van der Waals surface area contributed by atoms with Crippen LogP contribution >= 0.6 is 0 Å². The van der Waals surface area contributed by atoms with E-state index in [-0.39, 0.29) is 12.1 Å². The van der Waals surface area contributed by atoms with Gasteiger partial charge in [-0.3, -0.25) is 0 Å². The van der Waals surface area contributed by atoms with Gasteiger partial charge in [-0.15, -0.1) is 0 Å². The average Bonchev–Trinajstić information content (AvgIpc) is 3.04. The maximum atomic E-state index is 13.0. The van der Waals surface area contributed by atoms with Crippen molar-refractivity contribution in [2.24, 2.45) is 11.8 Å². The molecule has 1 unspecified atom stereocenters. The largest absolute Gasteiger partial charge is 0.462 e. The van der Waals surface area contributed by atoms with Gasteiger partial charge in [-0.05, 0) is 63.1 Å². The molecule has 0 aliphatic carbocycles. The molecule has 1 heterocycles. The lowest BCUT2D eigenvalue weighted by atomic mass is 9.95. The van der Waals surface area contributed by atoms with Gasteiger partial charge in [0, 0.05) is 8.07 Å². The number of rotatable bonds is 11. The number of hydrogen-bond donors (Lipinski definition) is 1. The summed E-state index contributed by atoms with van der Waals surface area (Å²) in [6.45, 7) is 21.5. The number of allylic oxidation sites excluding steroid dienone is 1. The Morgan fingerprint density at radius 1 is 1.14 bits per heavy atom. The highest BCUT2D eigenvalue weighted by Gasteiger charge is 2.43. The number of aliphatic hydroxyl groups is 1. The van der Waals surface area contributed by atoms with Gasteiger partial charge in [0.15, 0.2) is 5.79 Å². The van der Waals surface area contributed by atoms with E-state index >= 15 is 0 Å². The highest BCUT2D eigenvalue weighted by atomic mass is 28.3. The Labute approximate surface area is 219 Å². The maximum Gasteiger partial charge on any atom is 0.338 e. The van der Waals surface area contributed by atoms with Crippen molar-refractivity contribution in [3.05, 3.63) is 52.6 Å². The van der Waals surface area contributed by atoms with Gasteiger partial charge in [-0.25, -0.2) is 4.79 Å². The van der Waals surface area contributed by atoms with Crippen LogP contribution < -0.4 is 0 Å². The Morgan fingerprint density at radius 3 is 2.42 bits per heavy atom. The molecule has 1 aliphatic heterocycles. The number of aryl methyl sites for hydroxylation is 2. The molecule has 1 fully saturated rings. The van der Waals surface area contributed by atoms with Crippen molar-refractivity contribution >= 4 is 20.1 Å². The van der Waals surface area contributed by atoms with Crippen LogP contribution in [0.25, 0.3) is 6.08 Å². The molecule has 36 heavy (non-hydrogen) atoms. The molecule has 0 amide bonds. The second-order valence-corrected chi connectivity index (χ2v) is 17.9. The topological polar surface area (TPSA) is 65.0 Å². The molecule has 0 spiro atoms. The van der Waals surface area contributed by atoms with Gasteiger partial charge in [0.25, 0.3) is 0 Å². The number of ether oxygens (including phenoxy) is 3. The van der Waals surface area contributed by atoms with E-state index in [1.165, 1.54) is 0 Å². The highest BCUT2D eigenvalue weighted by molar-refractivity contribution is 6.76. The fourth-order valence-corrected chi connectivity index (χ4v) is 4.93. The zero-order chi connectivity index (χ0) is 27.3. The van der Waals surface area contributed by atoms with Crippen molar-refractivity contribution in [2.75, 3.05) is 6.61 Å². The summed E-state index contributed by atoms with van der Waals surface area (Å²) in [6, 6.07) is 4.97. The minimum atomic E-state index is -1.29. The first-order valence-corrected chi connectivity index (χ1v) is 17.0. The zero-order valence-electron chi connectivity index (χ0n) is 24.1. The lowest BCUT2D eigenvalue weighted by Crippen LogP contribution is -2.34. The molecule has 1 saturated heterocycles. The van der Waals surface area contributed by atoms with Crippen LogP contribution in [0.3, 0.4) is 0 Å². The fourth-order valence-electron chi connectivity index (χ4n) is 4.22. The minimum Gasteiger partial charge on any atom is -0.462 e. The van der Waals surface area contributed by atoms with Crippen LogP contribution in [-0.4, -0.2) is 49.9 Å². The van der Waals surface area contributed by atoms with E-state index in [1.807, 2.05) is 64.1 Å². The number of carbonyl (C=O) groups is 1. The molecule has 1 N–H and O–H groups in total. The normalized spacial score (nSPS) is 22.0. The van der Waals surface area contributed by atoms with E-state index in [9.17, 15) is 9.90 Å². The van der Waals surface area contributed by atoms with Crippen LogP contribution in [0.15, 0.2) is 30.4 Å². The molecule has 5 nitrogen and oxygen atoms in total. The molecule has 2 rings (SSSR count). The van der Waals surface area contributed by atoms with Gasteiger partial charge in [-0.2, -0.15) is 0 Å². The van der Waals surface area contributed by atoms with E-state index in [2.05, 4.69) is 40.4 Å². The van der Waals surface area contributed by atoms with E-state index in [0.29, 0.717) is 30.4 Å². The second-order valence-electron chi connectivity index (χ2n) is 12.2. The fraction of sp³-hybridized carbons (Fsp3) is 0.633. The van der Waals surface area contributed by atoms with Gasteiger partial charge in [-0.1, -0.05) is 82.4 Å². The Bertz CT molecular complexity index is 941. The van der Waals surface area contributed by atoms with Gasteiger partial charge < -0.3 is 19.3 Å². The first kappa shape index (κ1) is 30.5. The summed E-state index contributed by atoms with van der Waals surface area (Å²) in [5, 5.41) is 10.9. The third-order valence-corrected chi connectivity index (χ3v) is 8.39. The van der Waals surface area contributed by atoms with Crippen molar-refractivity contribution < 1.29 is 24.1 Å². The van der Waals surface area contributed by atoms with Crippen LogP contribution in [0.1, 0.15) is 68.1 Å². The zero-order valence-corrected chi connectivity index (χ0v) is 25.1. The number of carbonyl (C=O) groups excluding carboxylic acids is 1. The standard InChI is InChI=1S/C30H48O5Si/c1-20(2)22(4)14-15-25(31)28-26(34-30(6,7)35-28)13-11-12-24-19-21(3)18-23(5)27(24)29(32)33-16-17-36(8,9)10/h11-12,14-15,18-20,22,25-26,28,31H,13,16-17H2,1-10H3/b12-11+,15-14-/t22-,25?,26-,28-/m1/s1. The van der Waals surface area contributed by atoms with Crippen molar-refractivity contribution in [1.29, 1.82) is 0 Å². The van der Waals surface area contributed by atoms with Gasteiger partial charge in [0.1, 0.15) is 12.2 Å². The molecular formula is C30H48O5Si. The van der Waals surface area contributed by atoms with E-state index in [4.69, 9.17) is 14.2 Å². The third-order valence-electron chi connectivity index (χ3n) is 6.69. The minimum absolute atomic E-state index is 0.273. The molecule has 0 aromatic heterocycles. The Morgan fingerprint density at radius 2 is 1.81 bits per heavy atom. The first-order chi connectivity index (χ1) is 16.6. The number of hydrogen-bond acceptors (Lipinski definition) is 5. The molecule has 1 aromatic carbocycles. The molecule has 1 aromatic rings. The van der Waals surface area contributed by atoms with Crippen molar-refractivity contribution in [3.63, 3.8) is 0 Å². The van der Waals surface area contributed by atoms with Gasteiger partial charge in [0.05, 0.1) is 18.3 Å². The molecule has 1 aliphatic rings. The number of aliphatic hydroxyl groups excluding tert-OH is 1. The Kier molecular flexibility index (Phi) is 10.7. The summed E-state index contributed by atoms with van der Waals surface area (Å²) < 4.78 is 17.9. The summed E-state index contributed by atoms with van der Waals surface area (Å²) in [4.78, 5) is 13.0. The van der Waals surface area contributed by atoms with Crippen LogP contribution in [0, 0.1) is 25.7 Å². The summed E-state index contributed by atoms with van der Waals surface area (Å²) in [5.74, 6) is -0.183. The number of esters is 1. The van der Waals surface area contributed by atoms with E-state index in [0.717, 1.165) is 22.7 Å². The molecule has 202 valence electrons. The smallest absolute Gasteiger partial charge is 0.338 e. The SMILES string of the molecule is Cc1cc(C)c(C(=O)OCC[Si](C)(C)C)c(/C=C/C[C@H]2OC(C)(C)O[C@@H]2C(O)/C=C\[C@@H](C)C(C)C)c1. The summed E-state index contributed by atoms with van der Waals surface area (Å²) in [7, 11) is -1.29. The second kappa shape index (κ2) is 12.7. The summed E-state index contributed by atoms with van der Waals surface area (Å²) in [5.41, 5.74) is 3.45. The lowest BCUT2D eigenvalue weighted by molar-refractivity contribution is -0.152. The van der Waals surface area contributed by atoms with Gasteiger partial charge >= 0.3 is 5.97 Å². The average molecular weight is 517 g/mol. The predicted molar refractivity (Wildman–Crippen MR) is 151 cm³/mol. The lowest BCUT2D eigenvalue weighted by Gasteiger charge is -2.20.